The van der Waals surface area contributed by atoms with Crippen molar-refractivity contribution in [2.45, 2.75) is 30.1 Å². The molecule has 0 aromatic carbocycles. The van der Waals surface area contributed by atoms with E-state index >= 15 is 0 Å². The van der Waals surface area contributed by atoms with E-state index < -0.39 is 40.8 Å². The van der Waals surface area contributed by atoms with E-state index in [4.69, 9.17) is 0 Å². The Hall–Kier alpha value is -1.68. The third-order valence-corrected chi connectivity index (χ3v) is 2.92. The number of hydrogen-bond acceptors (Lipinski definition) is 2. The van der Waals surface area contributed by atoms with E-state index in [0.717, 1.165) is 18.3 Å². The Balaban J connectivity index is 2.67. The SMILES string of the molecule is FC1N(c2ccccn2)C(F)(F)C(F)(F)C(F)(F)C1(F)F. The van der Waals surface area contributed by atoms with E-state index in [9.17, 15) is 39.5 Å². The fourth-order valence-corrected chi connectivity index (χ4v) is 1.76. The fourth-order valence-electron chi connectivity index (χ4n) is 1.76. The molecule has 0 saturated carbocycles. The Labute approximate surface area is 111 Å². The highest BCUT2D eigenvalue weighted by atomic mass is 19.4. The molecular formula is C10H5F9N2. The molecule has 1 aliphatic heterocycles. The van der Waals surface area contributed by atoms with Crippen LogP contribution in [0.1, 0.15) is 0 Å². The predicted octanol–water partition coefficient (Wildman–Crippen LogP) is 3.70. The normalized spacial score (nSPS) is 29.2. The number of nitrogens with zero attached hydrogens (tertiary/aromatic N) is 2. The highest BCUT2D eigenvalue weighted by Gasteiger charge is 2.89. The maximum atomic E-state index is 13.5. The molecule has 118 valence electrons. The zero-order valence-electron chi connectivity index (χ0n) is 9.68. The summed E-state index contributed by atoms with van der Waals surface area (Å²) in [5.41, 5.74) is 0. The maximum Gasteiger partial charge on any atom is 0.398 e. The van der Waals surface area contributed by atoms with Gasteiger partial charge in [0.15, 0.2) is 0 Å². The van der Waals surface area contributed by atoms with Gasteiger partial charge in [-0.25, -0.2) is 9.37 Å². The van der Waals surface area contributed by atoms with Gasteiger partial charge in [-0.05, 0) is 12.1 Å². The van der Waals surface area contributed by atoms with E-state index in [0.29, 0.717) is 6.07 Å². The molecule has 0 N–H and O–H groups in total. The largest absolute Gasteiger partial charge is 0.398 e. The molecule has 1 aromatic heterocycles. The smallest absolute Gasteiger partial charge is 0.255 e. The van der Waals surface area contributed by atoms with Crippen LogP contribution >= 0.6 is 0 Å². The summed E-state index contributed by atoms with van der Waals surface area (Å²) < 4.78 is 119. The van der Waals surface area contributed by atoms with Crippen molar-refractivity contribution in [2.75, 3.05) is 4.90 Å². The number of halogens is 9. The van der Waals surface area contributed by atoms with Crippen LogP contribution in [0.2, 0.25) is 0 Å². The highest BCUT2D eigenvalue weighted by molar-refractivity contribution is 5.45. The molecule has 1 aliphatic rings. The van der Waals surface area contributed by atoms with Gasteiger partial charge in [-0.15, -0.1) is 0 Å². The minimum Gasteiger partial charge on any atom is -0.255 e. The number of anilines is 1. The Morgan fingerprint density at radius 3 is 1.95 bits per heavy atom. The highest BCUT2D eigenvalue weighted by Crippen LogP contribution is 2.60. The number of rotatable bonds is 1. The standard InChI is InChI=1S/C10H5F9N2/c11-6-7(12,13)8(14,15)9(16,17)10(18,19)21(6)5-3-1-2-4-20-5/h1-4,6H. The lowest BCUT2D eigenvalue weighted by Gasteiger charge is -2.49. The molecule has 0 aliphatic carbocycles. The van der Waals surface area contributed by atoms with Gasteiger partial charge < -0.3 is 0 Å². The molecular weight excluding hydrogens is 319 g/mol. The number of aromatic nitrogens is 1. The maximum absolute atomic E-state index is 13.5. The lowest BCUT2D eigenvalue weighted by atomic mass is 9.94. The number of pyridine rings is 1. The van der Waals surface area contributed by atoms with Crippen molar-refractivity contribution >= 4 is 5.82 Å². The third kappa shape index (κ3) is 1.72. The van der Waals surface area contributed by atoms with Crippen molar-refractivity contribution in [3.8, 4) is 0 Å². The second-order valence-corrected chi connectivity index (χ2v) is 4.21. The van der Waals surface area contributed by atoms with Gasteiger partial charge in [-0.3, -0.25) is 4.90 Å². The van der Waals surface area contributed by atoms with E-state index in [2.05, 4.69) is 4.98 Å². The van der Waals surface area contributed by atoms with Crippen molar-refractivity contribution in [1.29, 1.82) is 0 Å². The number of piperidine rings is 1. The molecule has 1 fully saturated rings. The van der Waals surface area contributed by atoms with Gasteiger partial charge in [0, 0.05) is 6.20 Å². The second-order valence-electron chi connectivity index (χ2n) is 4.21. The monoisotopic (exact) mass is 324 g/mol. The van der Waals surface area contributed by atoms with Crippen LogP contribution < -0.4 is 4.90 Å². The molecule has 0 radical (unpaired) electrons. The summed E-state index contributed by atoms with van der Waals surface area (Å²) in [7, 11) is 0. The molecule has 0 spiro atoms. The molecule has 11 heteroatoms. The van der Waals surface area contributed by atoms with E-state index in [1.807, 2.05) is 0 Å². The molecule has 1 unspecified atom stereocenters. The van der Waals surface area contributed by atoms with Gasteiger partial charge >= 0.3 is 23.8 Å². The zero-order valence-corrected chi connectivity index (χ0v) is 9.68. The van der Waals surface area contributed by atoms with Gasteiger partial charge in [0.05, 0.1) is 0 Å². The van der Waals surface area contributed by atoms with Crippen LogP contribution in [0.25, 0.3) is 0 Å². The van der Waals surface area contributed by atoms with E-state index in [1.165, 1.54) is 0 Å². The molecule has 1 saturated heterocycles. The average Bonchev–Trinajstić information content (AvgIpc) is 2.38. The molecule has 21 heavy (non-hydrogen) atoms. The number of alkyl halides is 9. The van der Waals surface area contributed by atoms with Crippen molar-refractivity contribution in [1.82, 2.24) is 4.98 Å². The minimum absolute atomic E-state index is 0.510. The van der Waals surface area contributed by atoms with Gasteiger partial charge in [0.2, 0.25) is 6.30 Å². The quantitative estimate of drug-likeness (QED) is 0.578. The molecule has 2 nitrogen and oxygen atoms in total. The minimum atomic E-state index is -6.58. The average molecular weight is 324 g/mol. The van der Waals surface area contributed by atoms with Crippen molar-refractivity contribution in [3.63, 3.8) is 0 Å². The summed E-state index contributed by atoms with van der Waals surface area (Å²) in [6, 6.07) is -3.39. The van der Waals surface area contributed by atoms with Gasteiger partial charge in [-0.2, -0.15) is 35.1 Å². The first-order valence-corrected chi connectivity index (χ1v) is 5.24. The third-order valence-electron chi connectivity index (χ3n) is 2.92. The van der Waals surface area contributed by atoms with Crippen LogP contribution in [0.3, 0.4) is 0 Å². The van der Waals surface area contributed by atoms with Crippen LogP contribution in [0, 0.1) is 0 Å². The zero-order chi connectivity index (χ0) is 16.3. The first kappa shape index (κ1) is 15.7. The topological polar surface area (TPSA) is 16.1 Å². The molecule has 0 amide bonds. The summed E-state index contributed by atoms with van der Waals surface area (Å²) in [4.78, 5) is 1.58. The Bertz CT molecular complexity index is 531. The van der Waals surface area contributed by atoms with Crippen molar-refractivity contribution in [3.05, 3.63) is 24.4 Å². The molecule has 2 rings (SSSR count). The summed E-state index contributed by atoms with van der Waals surface area (Å²) in [5, 5.41) is 0. The van der Waals surface area contributed by atoms with Crippen LogP contribution in [0.15, 0.2) is 24.4 Å². The second kappa shape index (κ2) is 4.17. The fraction of sp³-hybridized carbons (Fsp3) is 0.500. The molecule has 0 bridgehead atoms. The molecule has 1 aromatic rings. The predicted molar refractivity (Wildman–Crippen MR) is 51.4 cm³/mol. The van der Waals surface area contributed by atoms with Crippen molar-refractivity contribution < 1.29 is 39.5 Å². The summed E-state index contributed by atoms with van der Waals surface area (Å²) in [6.45, 7) is 0. The molecule has 1 atom stereocenters. The van der Waals surface area contributed by atoms with Gasteiger partial charge in [0.25, 0.3) is 0 Å². The lowest BCUT2D eigenvalue weighted by molar-refractivity contribution is -0.404. The van der Waals surface area contributed by atoms with E-state index in [-0.39, 0.29) is 0 Å². The van der Waals surface area contributed by atoms with Crippen LogP contribution in [0.4, 0.5) is 45.3 Å². The Morgan fingerprint density at radius 2 is 1.48 bits per heavy atom. The van der Waals surface area contributed by atoms with E-state index in [1.54, 1.807) is 0 Å². The summed E-state index contributed by atoms with van der Waals surface area (Å²) in [6.07, 6.45) is -3.67. The first-order valence-electron chi connectivity index (χ1n) is 5.24. The van der Waals surface area contributed by atoms with Gasteiger partial charge in [0.1, 0.15) is 5.82 Å². The summed E-state index contributed by atoms with van der Waals surface area (Å²) in [5.74, 6) is -20.5. The Kier molecular flexibility index (Phi) is 3.12. The van der Waals surface area contributed by atoms with Crippen LogP contribution in [-0.2, 0) is 0 Å². The Morgan fingerprint density at radius 1 is 0.905 bits per heavy atom. The van der Waals surface area contributed by atoms with Gasteiger partial charge in [-0.1, -0.05) is 6.07 Å². The van der Waals surface area contributed by atoms with Crippen LogP contribution in [0.5, 0.6) is 0 Å². The van der Waals surface area contributed by atoms with Crippen molar-refractivity contribution in [2.24, 2.45) is 0 Å². The van der Waals surface area contributed by atoms with Crippen LogP contribution in [-0.4, -0.2) is 35.1 Å². The summed E-state index contributed by atoms with van der Waals surface area (Å²) >= 11 is 0. The number of hydrogen-bond donors (Lipinski definition) is 0. The lowest BCUT2D eigenvalue weighted by Crippen LogP contribution is -2.78. The first-order chi connectivity index (χ1) is 9.39. The molecule has 2 heterocycles.